The minimum absolute atomic E-state index is 0.306. The van der Waals surface area contributed by atoms with Crippen molar-refractivity contribution in [3.05, 3.63) is 0 Å². The molecular weight excluding hydrogens is 196 g/mol. The van der Waals surface area contributed by atoms with Crippen molar-refractivity contribution >= 4 is 0 Å². The molecule has 1 rings (SSSR count). The second kappa shape index (κ2) is 6.61. The Kier molecular flexibility index (Phi) is 5.77. The lowest BCUT2D eigenvalue weighted by atomic mass is 9.86. The van der Waals surface area contributed by atoms with Crippen LogP contribution >= 0.6 is 0 Å². The van der Waals surface area contributed by atoms with Gasteiger partial charge < -0.3 is 5.73 Å². The summed E-state index contributed by atoms with van der Waals surface area (Å²) in [5, 5.41) is 0. The standard InChI is InChI=1S/C14H30N2/c1-4-13(3)16(5-2)14(12-15)10-8-6-7-9-11-14/h13H,4-12,15H2,1-3H3. The molecule has 1 atom stereocenters. The predicted octanol–water partition coefficient (Wildman–Crippen LogP) is 3.16. The molecular formula is C14H30N2. The normalized spacial score (nSPS) is 23.1. The zero-order valence-corrected chi connectivity index (χ0v) is 11.5. The summed E-state index contributed by atoms with van der Waals surface area (Å²) in [7, 11) is 0. The van der Waals surface area contributed by atoms with Gasteiger partial charge in [-0.3, -0.25) is 4.90 Å². The molecule has 96 valence electrons. The van der Waals surface area contributed by atoms with Crippen molar-refractivity contribution in [3.8, 4) is 0 Å². The molecule has 2 N–H and O–H groups in total. The highest BCUT2D eigenvalue weighted by Crippen LogP contribution is 2.33. The van der Waals surface area contributed by atoms with Crippen LogP contribution in [-0.2, 0) is 0 Å². The van der Waals surface area contributed by atoms with Crippen molar-refractivity contribution in [3.63, 3.8) is 0 Å². The van der Waals surface area contributed by atoms with E-state index in [9.17, 15) is 0 Å². The summed E-state index contributed by atoms with van der Waals surface area (Å²) in [6, 6.07) is 0.673. The molecule has 0 aromatic heterocycles. The molecule has 0 aromatic rings. The van der Waals surface area contributed by atoms with E-state index in [4.69, 9.17) is 5.73 Å². The van der Waals surface area contributed by atoms with E-state index in [1.54, 1.807) is 0 Å². The molecule has 0 heterocycles. The van der Waals surface area contributed by atoms with Crippen LogP contribution in [0, 0.1) is 0 Å². The number of hydrogen-bond donors (Lipinski definition) is 1. The Balaban J connectivity index is 2.81. The Bertz CT molecular complexity index is 183. The van der Waals surface area contributed by atoms with Gasteiger partial charge in [-0.05, 0) is 32.7 Å². The molecule has 1 aliphatic carbocycles. The van der Waals surface area contributed by atoms with Crippen molar-refractivity contribution in [2.45, 2.75) is 77.3 Å². The van der Waals surface area contributed by atoms with Crippen LogP contribution in [0.1, 0.15) is 65.7 Å². The van der Waals surface area contributed by atoms with Gasteiger partial charge in [-0.2, -0.15) is 0 Å². The molecule has 2 nitrogen and oxygen atoms in total. The molecule has 0 radical (unpaired) electrons. The summed E-state index contributed by atoms with van der Waals surface area (Å²) in [5.41, 5.74) is 6.44. The largest absolute Gasteiger partial charge is 0.329 e. The summed E-state index contributed by atoms with van der Waals surface area (Å²) in [6.07, 6.45) is 9.38. The minimum atomic E-state index is 0.306. The zero-order chi connectivity index (χ0) is 12.0. The predicted molar refractivity (Wildman–Crippen MR) is 71.6 cm³/mol. The van der Waals surface area contributed by atoms with Gasteiger partial charge in [-0.1, -0.05) is 39.5 Å². The molecule has 2 heteroatoms. The second-order valence-electron chi connectivity index (χ2n) is 5.39. The van der Waals surface area contributed by atoms with Gasteiger partial charge in [0.15, 0.2) is 0 Å². The molecule has 0 spiro atoms. The number of nitrogens with two attached hydrogens (primary N) is 1. The first-order chi connectivity index (χ1) is 7.70. The van der Waals surface area contributed by atoms with E-state index < -0.39 is 0 Å². The molecule has 1 unspecified atom stereocenters. The lowest BCUT2D eigenvalue weighted by molar-refractivity contribution is 0.0449. The van der Waals surface area contributed by atoms with Gasteiger partial charge in [0.1, 0.15) is 0 Å². The van der Waals surface area contributed by atoms with Crippen LogP contribution < -0.4 is 5.73 Å². The molecule has 1 aliphatic rings. The summed E-state index contributed by atoms with van der Waals surface area (Å²) in [4.78, 5) is 2.68. The van der Waals surface area contributed by atoms with Gasteiger partial charge in [0.05, 0.1) is 0 Å². The SMILES string of the molecule is CCC(C)N(CC)C1(CN)CCCCCC1. The third kappa shape index (κ3) is 2.98. The molecule has 0 bridgehead atoms. The maximum absolute atomic E-state index is 6.13. The fraction of sp³-hybridized carbons (Fsp3) is 1.00. The highest BCUT2D eigenvalue weighted by molar-refractivity contribution is 4.94. The van der Waals surface area contributed by atoms with E-state index in [0.29, 0.717) is 11.6 Å². The van der Waals surface area contributed by atoms with Gasteiger partial charge in [0.25, 0.3) is 0 Å². The molecule has 0 saturated heterocycles. The Morgan fingerprint density at radius 1 is 1.12 bits per heavy atom. The summed E-state index contributed by atoms with van der Waals surface area (Å²) >= 11 is 0. The fourth-order valence-corrected chi connectivity index (χ4v) is 3.33. The molecule has 16 heavy (non-hydrogen) atoms. The Hall–Kier alpha value is -0.0800. The monoisotopic (exact) mass is 226 g/mol. The molecule has 0 amide bonds. The highest BCUT2D eigenvalue weighted by atomic mass is 15.2. The van der Waals surface area contributed by atoms with Gasteiger partial charge >= 0.3 is 0 Å². The summed E-state index contributed by atoms with van der Waals surface area (Å²) in [5.74, 6) is 0. The van der Waals surface area contributed by atoms with E-state index >= 15 is 0 Å². The van der Waals surface area contributed by atoms with Crippen molar-refractivity contribution in [1.82, 2.24) is 4.90 Å². The van der Waals surface area contributed by atoms with Crippen LogP contribution in [0.3, 0.4) is 0 Å². The van der Waals surface area contributed by atoms with E-state index in [2.05, 4.69) is 25.7 Å². The second-order valence-corrected chi connectivity index (χ2v) is 5.39. The van der Waals surface area contributed by atoms with Crippen LogP contribution in [0.25, 0.3) is 0 Å². The first-order valence-electron chi connectivity index (χ1n) is 7.17. The summed E-state index contributed by atoms with van der Waals surface area (Å²) < 4.78 is 0. The molecule has 1 saturated carbocycles. The van der Waals surface area contributed by atoms with Gasteiger partial charge in [0.2, 0.25) is 0 Å². The van der Waals surface area contributed by atoms with E-state index in [0.717, 1.165) is 13.1 Å². The smallest absolute Gasteiger partial charge is 0.0334 e. The average Bonchev–Trinajstić information content (AvgIpc) is 2.56. The maximum atomic E-state index is 6.13. The number of hydrogen-bond acceptors (Lipinski definition) is 2. The Morgan fingerprint density at radius 3 is 2.06 bits per heavy atom. The number of likely N-dealkylation sites (N-methyl/N-ethyl adjacent to an activating group) is 1. The van der Waals surface area contributed by atoms with Crippen molar-refractivity contribution in [2.24, 2.45) is 5.73 Å². The number of rotatable bonds is 5. The van der Waals surface area contributed by atoms with Crippen LogP contribution in [0.15, 0.2) is 0 Å². The maximum Gasteiger partial charge on any atom is 0.0334 e. The van der Waals surface area contributed by atoms with Gasteiger partial charge in [-0.15, -0.1) is 0 Å². The van der Waals surface area contributed by atoms with Crippen LogP contribution in [0.5, 0.6) is 0 Å². The zero-order valence-electron chi connectivity index (χ0n) is 11.5. The van der Waals surface area contributed by atoms with E-state index in [1.165, 1.54) is 44.9 Å². The Labute approximate surface area is 102 Å². The number of nitrogens with zero attached hydrogens (tertiary/aromatic N) is 1. The first kappa shape index (κ1) is 14.0. The molecule has 1 fully saturated rings. The average molecular weight is 226 g/mol. The van der Waals surface area contributed by atoms with Crippen molar-refractivity contribution < 1.29 is 0 Å². The highest BCUT2D eigenvalue weighted by Gasteiger charge is 2.36. The third-order valence-electron chi connectivity index (χ3n) is 4.49. The van der Waals surface area contributed by atoms with Crippen LogP contribution in [-0.4, -0.2) is 29.6 Å². The Morgan fingerprint density at radius 2 is 1.69 bits per heavy atom. The molecule has 0 aliphatic heterocycles. The topological polar surface area (TPSA) is 29.3 Å². The van der Waals surface area contributed by atoms with Crippen molar-refractivity contribution in [2.75, 3.05) is 13.1 Å². The lowest BCUT2D eigenvalue weighted by Gasteiger charge is -2.46. The van der Waals surface area contributed by atoms with Crippen LogP contribution in [0.4, 0.5) is 0 Å². The molecule has 0 aromatic carbocycles. The van der Waals surface area contributed by atoms with Gasteiger partial charge in [-0.25, -0.2) is 0 Å². The van der Waals surface area contributed by atoms with E-state index in [1.807, 2.05) is 0 Å². The van der Waals surface area contributed by atoms with Crippen molar-refractivity contribution in [1.29, 1.82) is 0 Å². The van der Waals surface area contributed by atoms with E-state index in [-0.39, 0.29) is 0 Å². The first-order valence-corrected chi connectivity index (χ1v) is 7.17. The fourth-order valence-electron chi connectivity index (χ4n) is 3.33. The quantitative estimate of drug-likeness (QED) is 0.730. The third-order valence-corrected chi connectivity index (χ3v) is 4.49. The van der Waals surface area contributed by atoms with Crippen LogP contribution in [0.2, 0.25) is 0 Å². The minimum Gasteiger partial charge on any atom is -0.329 e. The van der Waals surface area contributed by atoms with Gasteiger partial charge in [0, 0.05) is 18.1 Å². The summed E-state index contributed by atoms with van der Waals surface area (Å²) in [6.45, 7) is 8.91. The lowest BCUT2D eigenvalue weighted by Crippen LogP contribution is -2.56.